The average Bonchev–Trinajstić information content (AvgIpc) is 2.88. The van der Waals surface area contributed by atoms with E-state index in [1.165, 1.54) is 40.5 Å². The van der Waals surface area contributed by atoms with E-state index in [1.54, 1.807) is 0 Å². The third-order valence-corrected chi connectivity index (χ3v) is 5.69. The van der Waals surface area contributed by atoms with Crippen molar-refractivity contribution in [2.75, 3.05) is 13.7 Å². The summed E-state index contributed by atoms with van der Waals surface area (Å²) in [4.78, 5) is 11.3. The van der Waals surface area contributed by atoms with E-state index in [-0.39, 0.29) is 12.6 Å². The number of hydrogen-bond donors (Lipinski definition) is 0. The van der Waals surface area contributed by atoms with Crippen LogP contribution in [0.5, 0.6) is 5.75 Å². The van der Waals surface area contributed by atoms with Gasteiger partial charge in [-0.3, -0.25) is 0 Å². The van der Waals surface area contributed by atoms with Crippen LogP contribution in [0.15, 0.2) is 103 Å². The molecule has 0 amide bonds. The second kappa shape index (κ2) is 11.1. The molecule has 0 bridgehead atoms. The summed E-state index contributed by atoms with van der Waals surface area (Å²) in [5.41, 5.74) is 7.53. The first kappa shape index (κ1) is 22.3. The molecule has 4 rings (SSSR count). The number of rotatable bonds is 9. The number of benzene rings is 4. The van der Waals surface area contributed by atoms with Gasteiger partial charge in [-0.05, 0) is 64.8 Å². The number of ether oxygens (including phenoxy) is 2. The van der Waals surface area contributed by atoms with Crippen molar-refractivity contribution in [3.05, 3.63) is 114 Å². The molecule has 3 nitrogen and oxygen atoms in total. The molecule has 0 aliphatic carbocycles. The van der Waals surface area contributed by atoms with E-state index in [0.29, 0.717) is 5.75 Å². The zero-order valence-electron chi connectivity index (χ0n) is 18.9. The van der Waals surface area contributed by atoms with Crippen LogP contribution in [-0.2, 0) is 22.4 Å². The molecule has 0 unspecified atom stereocenters. The highest BCUT2D eigenvalue weighted by atomic mass is 16.6. The molecule has 0 saturated heterocycles. The summed E-state index contributed by atoms with van der Waals surface area (Å²) in [6, 6.07) is 35.8. The molecule has 0 radical (unpaired) electrons. The lowest BCUT2D eigenvalue weighted by atomic mass is 9.92. The Hall–Kier alpha value is -3.85. The average molecular weight is 437 g/mol. The predicted molar refractivity (Wildman–Crippen MR) is 133 cm³/mol. The lowest BCUT2D eigenvalue weighted by Gasteiger charge is -2.13. The van der Waals surface area contributed by atoms with Crippen molar-refractivity contribution in [3.8, 4) is 28.0 Å². The van der Waals surface area contributed by atoms with Crippen LogP contribution in [0, 0.1) is 0 Å². The smallest absolute Gasteiger partial charge is 0.343 e. The first-order valence-corrected chi connectivity index (χ1v) is 11.3. The standard InChI is InChI=1S/C30H28O3/c1-32-30(31)22-33-28-17-9-11-23(20-28)10-8-16-27-21-26(24-12-4-2-5-13-24)18-19-29(27)25-14-6-3-7-15-25/h2-7,9,11-15,17-21H,8,10,16,22H2,1H3. The fraction of sp³-hybridized carbons (Fsp3) is 0.167. The summed E-state index contributed by atoms with van der Waals surface area (Å²) in [6.45, 7) is -0.0767. The fourth-order valence-electron chi connectivity index (χ4n) is 3.98. The molecule has 4 aromatic rings. The molecular weight excluding hydrogens is 408 g/mol. The lowest BCUT2D eigenvalue weighted by Crippen LogP contribution is -2.12. The summed E-state index contributed by atoms with van der Waals surface area (Å²) in [6.07, 6.45) is 2.91. The largest absolute Gasteiger partial charge is 0.482 e. The molecule has 0 fully saturated rings. The quantitative estimate of drug-likeness (QED) is 0.272. The van der Waals surface area contributed by atoms with Gasteiger partial charge in [-0.15, -0.1) is 0 Å². The maximum atomic E-state index is 11.3. The second-order valence-electron chi connectivity index (χ2n) is 7.97. The molecule has 0 aliphatic rings. The predicted octanol–water partition coefficient (Wildman–Crippen LogP) is 6.75. The van der Waals surface area contributed by atoms with Gasteiger partial charge in [-0.2, -0.15) is 0 Å². The van der Waals surface area contributed by atoms with Gasteiger partial charge in [0.05, 0.1) is 7.11 Å². The number of carbonyl (C=O) groups excluding carboxylic acids is 1. The molecule has 0 aliphatic heterocycles. The minimum Gasteiger partial charge on any atom is -0.482 e. The van der Waals surface area contributed by atoms with Gasteiger partial charge in [0, 0.05) is 0 Å². The zero-order chi connectivity index (χ0) is 22.9. The molecule has 0 saturated carbocycles. The minimum absolute atomic E-state index is 0.0767. The third-order valence-electron chi connectivity index (χ3n) is 5.69. The van der Waals surface area contributed by atoms with Crippen molar-refractivity contribution in [3.63, 3.8) is 0 Å². The highest BCUT2D eigenvalue weighted by molar-refractivity contribution is 5.74. The van der Waals surface area contributed by atoms with Crippen molar-refractivity contribution >= 4 is 5.97 Å². The van der Waals surface area contributed by atoms with Crippen LogP contribution < -0.4 is 4.74 Å². The van der Waals surface area contributed by atoms with Gasteiger partial charge in [0.25, 0.3) is 0 Å². The van der Waals surface area contributed by atoms with Gasteiger partial charge in [-0.25, -0.2) is 4.79 Å². The second-order valence-corrected chi connectivity index (χ2v) is 7.97. The molecular formula is C30H28O3. The SMILES string of the molecule is COC(=O)COc1cccc(CCCc2cc(-c3ccccc3)ccc2-c2ccccc2)c1. The van der Waals surface area contributed by atoms with Gasteiger partial charge in [-0.1, -0.05) is 91.0 Å². The summed E-state index contributed by atoms with van der Waals surface area (Å²) < 4.78 is 10.2. The molecule has 0 heterocycles. The van der Waals surface area contributed by atoms with Crippen LogP contribution in [0.4, 0.5) is 0 Å². The van der Waals surface area contributed by atoms with Crippen molar-refractivity contribution in [2.45, 2.75) is 19.3 Å². The van der Waals surface area contributed by atoms with E-state index in [0.717, 1.165) is 19.3 Å². The summed E-state index contributed by atoms with van der Waals surface area (Å²) in [7, 11) is 1.36. The van der Waals surface area contributed by atoms with Crippen LogP contribution in [0.25, 0.3) is 22.3 Å². The van der Waals surface area contributed by atoms with Crippen LogP contribution >= 0.6 is 0 Å². The van der Waals surface area contributed by atoms with Crippen molar-refractivity contribution in [1.29, 1.82) is 0 Å². The number of carbonyl (C=O) groups is 1. The molecule has 4 aromatic carbocycles. The zero-order valence-corrected chi connectivity index (χ0v) is 18.9. The van der Waals surface area contributed by atoms with Gasteiger partial charge >= 0.3 is 5.97 Å². The van der Waals surface area contributed by atoms with Crippen LogP contribution in [0.2, 0.25) is 0 Å². The number of aryl methyl sites for hydroxylation is 2. The van der Waals surface area contributed by atoms with E-state index < -0.39 is 0 Å². The van der Waals surface area contributed by atoms with Crippen molar-refractivity contribution in [2.24, 2.45) is 0 Å². The van der Waals surface area contributed by atoms with Crippen LogP contribution in [0.1, 0.15) is 17.5 Å². The molecule has 3 heteroatoms. The summed E-state index contributed by atoms with van der Waals surface area (Å²) in [5.74, 6) is 0.307. The van der Waals surface area contributed by atoms with Gasteiger partial charge < -0.3 is 9.47 Å². The Morgan fingerprint density at radius 1 is 0.697 bits per heavy atom. The van der Waals surface area contributed by atoms with E-state index in [1.807, 2.05) is 24.3 Å². The number of hydrogen-bond acceptors (Lipinski definition) is 3. The van der Waals surface area contributed by atoms with E-state index in [2.05, 4.69) is 83.6 Å². The number of esters is 1. The third kappa shape index (κ3) is 6.11. The normalized spacial score (nSPS) is 10.6. The maximum Gasteiger partial charge on any atom is 0.343 e. The fourth-order valence-corrected chi connectivity index (χ4v) is 3.98. The Bertz CT molecular complexity index is 1180. The maximum absolute atomic E-state index is 11.3. The molecule has 0 N–H and O–H groups in total. The lowest BCUT2D eigenvalue weighted by molar-refractivity contribution is -0.142. The van der Waals surface area contributed by atoms with Crippen molar-refractivity contribution in [1.82, 2.24) is 0 Å². The highest BCUT2D eigenvalue weighted by Crippen LogP contribution is 2.30. The van der Waals surface area contributed by atoms with E-state index in [9.17, 15) is 4.79 Å². The Morgan fingerprint density at radius 2 is 1.42 bits per heavy atom. The molecule has 166 valence electrons. The summed E-state index contributed by atoms with van der Waals surface area (Å²) in [5, 5.41) is 0. The molecule has 0 spiro atoms. The Morgan fingerprint density at radius 3 is 2.15 bits per heavy atom. The first-order valence-electron chi connectivity index (χ1n) is 11.3. The van der Waals surface area contributed by atoms with Crippen molar-refractivity contribution < 1.29 is 14.3 Å². The number of methoxy groups -OCH3 is 1. The van der Waals surface area contributed by atoms with Crippen LogP contribution in [-0.4, -0.2) is 19.7 Å². The molecule has 33 heavy (non-hydrogen) atoms. The van der Waals surface area contributed by atoms with Gasteiger partial charge in [0.15, 0.2) is 6.61 Å². The first-order chi connectivity index (χ1) is 16.2. The van der Waals surface area contributed by atoms with E-state index >= 15 is 0 Å². The minimum atomic E-state index is -0.382. The van der Waals surface area contributed by atoms with E-state index in [4.69, 9.17) is 4.74 Å². The Balaban J connectivity index is 1.50. The summed E-state index contributed by atoms with van der Waals surface area (Å²) >= 11 is 0. The molecule has 0 atom stereocenters. The van der Waals surface area contributed by atoms with Gasteiger partial charge in [0.2, 0.25) is 0 Å². The molecule has 0 aromatic heterocycles. The monoisotopic (exact) mass is 436 g/mol. The highest BCUT2D eigenvalue weighted by Gasteiger charge is 2.09. The topological polar surface area (TPSA) is 35.5 Å². The Labute approximate surface area is 195 Å². The van der Waals surface area contributed by atoms with Crippen LogP contribution in [0.3, 0.4) is 0 Å². The van der Waals surface area contributed by atoms with Gasteiger partial charge in [0.1, 0.15) is 5.75 Å². The Kier molecular flexibility index (Phi) is 7.55.